The average molecular weight is 239 g/mol. The quantitative estimate of drug-likeness (QED) is 0.392. The summed E-state index contributed by atoms with van der Waals surface area (Å²) in [6.45, 7) is 7.69. The third-order valence-electron chi connectivity index (χ3n) is 2.40. The van der Waals surface area contributed by atoms with Gasteiger partial charge < -0.3 is 16.4 Å². The van der Waals surface area contributed by atoms with Gasteiger partial charge in [0, 0.05) is 19.5 Å². The van der Waals surface area contributed by atoms with Crippen LogP contribution in [-0.4, -0.2) is 31.6 Å². The van der Waals surface area contributed by atoms with Crippen molar-refractivity contribution in [2.75, 3.05) is 19.6 Å². The molecule has 0 aliphatic carbocycles. The van der Waals surface area contributed by atoms with Gasteiger partial charge in [-0.25, -0.2) is 0 Å². The number of carbonyl (C=O) groups excluding carboxylic acids is 1. The van der Waals surface area contributed by atoms with Gasteiger partial charge in [-0.05, 0) is 44.8 Å². The number of nitrogens with two attached hydrogens (primary N) is 1. The molecule has 0 fully saturated rings. The van der Waals surface area contributed by atoms with Crippen molar-refractivity contribution >= 4 is 5.91 Å². The van der Waals surface area contributed by atoms with Gasteiger partial charge in [0.05, 0.1) is 0 Å². The van der Waals surface area contributed by atoms with E-state index in [1.54, 1.807) is 0 Å². The van der Waals surface area contributed by atoms with E-state index in [1.165, 1.54) is 6.92 Å². The summed E-state index contributed by atoms with van der Waals surface area (Å²) in [5.74, 6) is 0.0336. The molecular weight excluding hydrogens is 214 g/mol. The first-order chi connectivity index (χ1) is 8.16. The van der Waals surface area contributed by atoms with Crippen molar-refractivity contribution in [3.8, 4) is 0 Å². The minimum atomic E-state index is 0.0336. The highest BCUT2D eigenvalue weighted by Gasteiger charge is 1.99. The minimum absolute atomic E-state index is 0.0336. The van der Waals surface area contributed by atoms with Gasteiger partial charge in [0.15, 0.2) is 0 Å². The number of rotatable bonds is 10. The van der Waals surface area contributed by atoms with Gasteiger partial charge in [-0.2, -0.15) is 0 Å². The molecule has 0 aromatic rings. The Kier molecular flexibility index (Phi) is 10.7. The minimum Gasteiger partial charge on any atom is -0.356 e. The Morgan fingerprint density at radius 1 is 1.41 bits per heavy atom. The molecule has 0 bridgehead atoms. The number of nitrogens with one attached hydrogen (secondary N) is 2. The van der Waals surface area contributed by atoms with Crippen LogP contribution >= 0.6 is 0 Å². The maximum atomic E-state index is 10.6. The third kappa shape index (κ3) is 12.8. The van der Waals surface area contributed by atoms with Gasteiger partial charge in [-0.3, -0.25) is 4.79 Å². The van der Waals surface area contributed by atoms with Gasteiger partial charge in [-0.1, -0.05) is 6.58 Å². The second kappa shape index (κ2) is 11.4. The maximum Gasteiger partial charge on any atom is 0.216 e. The summed E-state index contributed by atoms with van der Waals surface area (Å²) in [4.78, 5) is 10.6. The molecule has 4 N–H and O–H groups in total. The lowest BCUT2D eigenvalue weighted by atomic mass is 10.1. The van der Waals surface area contributed by atoms with Crippen molar-refractivity contribution in [1.82, 2.24) is 10.6 Å². The van der Waals surface area contributed by atoms with Gasteiger partial charge in [0.25, 0.3) is 0 Å². The molecule has 0 radical (unpaired) electrons. The molecule has 0 heterocycles. The van der Waals surface area contributed by atoms with E-state index >= 15 is 0 Å². The molecule has 98 valence electrons. The lowest BCUT2D eigenvalue weighted by Gasteiger charge is -2.09. The Bertz CT molecular complexity index is 247. The van der Waals surface area contributed by atoms with Crippen LogP contribution in [0.1, 0.15) is 32.6 Å². The van der Waals surface area contributed by atoms with E-state index in [9.17, 15) is 4.79 Å². The van der Waals surface area contributed by atoms with Crippen LogP contribution in [0.5, 0.6) is 0 Å². The van der Waals surface area contributed by atoms with Gasteiger partial charge in [-0.15, -0.1) is 5.73 Å². The second-order valence-corrected chi connectivity index (χ2v) is 4.13. The lowest BCUT2D eigenvalue weighted by Crippen LogP contribution is -2.26. The fourth-order valence-electron chi connectivity index (χ4n) is 1.44. The zero-order valence-electron chi connectivity index (χ0n) is 10.8. The summed E-state index contributed by atoms with van der Waals surface area (Å²) in [6, 6.07) is 0.213. The van der Waals surface area contributed by atoms with E-state index in [4.69, 9.17) is 5.73 Å². The second-order valence-electron chi connectivity index (χ2n) is 4.13. The van der Waals surface area contributed by atoms with Crippen LogP contribution in [0.25, 0.3) is 0 Å². The highest BCUT2D eigenvalue weighted by Crippen LogP contribution is 1.98. The highest BCUT2D eigenvalue weighted by atomic mass is 16.1. The fraction of sp³-hybridized carbons (Fsp3) is 0.692. The van der Waals surface area contributed by atoms with Crippen LogP contribution in [-0.2, 0) is 4.79 Å². The predicted molar refractivity (Wildman–Crippen MR) is 71.7 cm³/mol. The van der Waals surface area contributed by atoms with Gasteiger partial charge in [0.1, 0.15) is 0 Å². The van der Waals surface area contributed by atoms with E-state index < -0.39 is 0 Å². The van der Waals surface area contributed by atoms with E-state index in [0.29, 0.717) is 0 Å². The first-order valence-corrected chi connectivity index (χ1v) is 6.22. The Hall–Kier alpha value is -1.09. The smallest absolute Gasteiger partial charge is 0.216 e. The molecule has 1 atom stereocenters. The molecule has 0 saturated heterocycles. The topological polar surface area (TPSA) is 67.2 Å². The fourth-order valence-corrected chi connectivity index (χ4v) is 1.44. The third-order valence-corrected chi connectivity index (χ3v) is 2.40. The number of carbonyl (C=O) groups is 1. The van der Waals surface area contributed by atoms with E-state index in [-0.39, 0.29) is 11.9 Å². The van der Waals surface area contributed by atoms with Crippen LogP contribution in [0.2, 0.25) is 0 Å². The van der Waals surface area contributed by atoms with Crippen molar-refractivity contribution in [2.24, 2.45) is 5.73 Å². The zero-order valence-corrected chi connectivity index (χ0v) is 10.8. The first kappa shape index (κ1) is 15.9. The summed E-state index contributed by atoms with van der Waals surface area (Å²) in [5.41, 5.74) is 8.61. The molecule has 4 heteroatoms. The molecule has 0 aliphatic rings. The zero-order chi connectivity index (χ0) is 12.9. The molecular formula is C13H25N3O. The van der Waals surface area contributed by atoms with Crippen molar-refractivity contribution < 1.29 is 4.79 Å². The van der Waals surface area contributed by atoms with Crippen molar-refractivity contribution in [3.63, 3.8) is 0 Å². The summed E-state index contributed by atoms with van der Waals surface area (Å²) >= 11 is 0. The summed E-state index contributed by atoms with van der Waals surface area (Å²) in [6.07, 6.45) is 5.78. The van der Waals surface area contributed by atoms with Crippen molar-refractivity contribution in [3.05, 3.63) is 18.4 Å². The standard InChI is InChI=1S/C13H25N3O/c1-3-4-7-13(14)8-5-9-15-10-6-11-16-12(2)17/h4,13,15H,1,5-11,14H2,2H3,(H,16,17). The highest BCUT2D eigenvalue weighted by molar-refractivity contribution is 5.72. The molecule has 1 unspecified atom stereocenters. The number of hydrogen-bond acceptors (Lipinski definition) is 3. The normalized spacial score (nSPS) is 11.6. The molecule has 0 spiro atoms. The monoisotopic (exact) mass is 239 g/mol. The summed E-state index contributed by atoms with van der Waals surface area (Å²) in [5, 5.41) is 6.09. The molecule has 17 heavy (non-hydrogen) atoms. The average Bonchev–Trinajstić information content (AvgIpc) is 2.29. The van der Waals surface area contributed by atoms with Crippen LogP contribution < -0.4 is 16.4 Å². The first-order valence-electron chi connectivity index (χ1n) is 6.22. The molecule has 0 aliphatic heterocycles. The van der Waals surface area contributed by atoms with Crippen LogP contribution in [0.3, 0.4) is 0 Å². The van der Waals surface area contributed by atoms with Crippen LogP contribution in [0.15, 0.2) is 18.4 Å². The Labute approximate surface area is 104 Å². The molecule has 0 aromatic carbocycles. The van der Waals surface area contributed by atoms with Crippen LogP contribution in [0.4, 0.5) is 0 Å². The van der Waals surface area contributed by atoms with Crippen molar-refractivity contribution in [1.29, 1.82) is 0 Å². The number of hydrogen-bond donors (Lipinski definition) is 3. The maximum absolute atomic E-state index is 10.6. The SMILES string of the molecule is C=C=CCC(N)CCCNCCCNC(C)=O. The lowest BCUT2D eigenvalue weighted by molar-refractivity contribution is -0.118. The Balaban J connectivity index is 3.17. The summed E-state index contributed by atoms with van der Waals surface area (Å²) < 4.78 is 0. The molecule has 1 amide bonds. The van der Waals surface area contributed by atoms with E-state index in [1.807, 2.05) is 6.08 Å². The van der Waals surface area contributed by atoms with E-state index in [0.717, 1.165) is 45.3 Å². The Morgan fingerprint density at radius 2 is 2.12 bits per heavy atom. The molecule has 4 nitrogen and oxygen atoms in total. The Morgan fingerprint density at radius 3 is 2.76 bits per heavy atom. The van der Waals surface area contributed by atoms with E-state index in [2.05, 4.69) is 22.9 Å². The molecule has 0 rings (SSSR count). The largest absolute Gasteiger partial charge is 0.356 e. The summed E-state index contributed by atoms with van der Waals surface area (Å²) in [7, 11) is 0. The van der Waals surface area contributed by atoms with Gasteiger partial charge in [0.2, 0.25) is 5.91 Å². The predicted octanol–water partition coefficient (Wildman–Crippen LogP) is 0.941. The number of amides is 1. The van der Waals surface area contributed by atoms with Crippen LogP contribution in [0, 0.1) is 0 Å². The van der Waals surface area contributed by atoms with Gasteiger partial charge >= 0.3 is 0 Å². The molecule has 0 aromatic heterocycles. The molecule has 0 saturated carbocycles. The van der Waals surface area contributed by atoms with Crippen molar-refractivity contribution in [2.45, 2.75) is 38.6 Å².